The molecule has 1 atom stereocenters. The quantitative estimate of drug-likeness (QED) is 0.799. The lowest BCUT2D eigenvalue weighted by atomic mass is 10.0. The van der Waals surface area contributed by atoms with E-state index in [4.69, 9.17) is 9.47 Å². The summed E-state index contributed by atoms with van der Waals surface area (Å²) in [4.78, 5) is 24.1. The summed E-state index contributed by atoms with van der Waals surface area (Å²) in [6.07, 6.45) is -1.01. The predicted molar refractivity (Wildman–Crippen MR) is 96.7 cm³/mol. The first-order chi connectivity index (χ1) is 12.3. The number of benzene rings is 2. The summed E-state index contributed by atoms with van der Waals surface area (Å²) in [7, 11) is 0. The van der Waals surface area contributed by atoms with Crippen LogP contribution >= 0.6 is 0 Å². The third-order valence-corrected chi connectivity index (χ3v) is 3.78. The number of anilines is 1. The maximum atomic E-state index is 13.4. The van der Waals surface area contributed by atoms with Gasteiger partial charge in [-0.2, -0.15) is 0 Å². The number of amides is 1. The standard InChI is InChI=1S/C20H22FNO4/c1-12-9-13(2)19(14(3)10-12)22-20(24)15(4)26-18(23)11-25-17-8-6-5-7-16(17)21/h5-10,15H,11H2,1-4H3,(H,22,24). The van der Waals surface area contributed by atoms with E-state index in [9.17, 15) is 14.0 Å². The van der Waals surface area contributed by atoms with Crippen molar-refractivity contribution in [1.82, 2.24) is 0 Å². The summed E-state index contributed by atoms with van der Waals surface area (Å²) in [5, 5.41) is 2.78. The van der Waals surface area contributed by atoms with Crippen molar-refractivity contribution in [3.63, 3.8) is 0 Å². The highest BCUT2D eigenvalue weighted by molar-refractivity contribution is 5.96. The van der Waals surface area contributed by atoms with Gasteiger partial charge in [0.2, 0.25) is 0 Å². The highest BCUT2D eigenvalue weighted by Gasteiger charge is 2.20. The van der Waals surface area contributed by atoms with Crippen molar-refractivity contribution in [1.29, 1.82) is 0 Å². The number of esters is 1. The lowest BCUT2D eigenvalue weighted by molar-refractivity contribution is -0.155. The number of hydrogen-bond donors (Lipinski definition) is 1. The van der Waals surface area contributed by atoms with Gasteiger partial charge in [0.05, 0.1) is 0 Å². The van der Waals surface area contributed by atoms with Gasteiger partial charge in [-0.05, 0) is 51.0 Å². The van der Waals surface area contributed by atoms with Crippen LogP contribution in [0.25, 0.3) is 0 Å². The van der Waals surface area contributed by atoms with E-state index in [2.05, 4.69) is 5.32 Å². The first-order valence-electron chi connectivity index (χ1n) is 8.23. The molecule has 6 heteroatoms. The van der Waals surface area contributed by atoms with Gasteiger partial charge in [0.1, 0.15) is 0 Å². The molecule has 0 fully saturated rings. The molecule has 1 amide bonds. The number of carbonyl (C=O) groups is 2. The van der Waals surface area contributed by atoms with Gasteiger partial charge >= 0.3 is 5.97 Å². The summed E-state index contributed by atoms with van der Waals surface area (Å²) in [6.45, 7) is 6.75. The van der Waals surface area contributed by atoms with E-state index in [1.54, 1.807) is 6.07 Å². The van der Waals surface area contributed by atoms with Crippen LogP contribution in [0, 0.1) is 26.6 Å². The molecule has 1 unspecified atom stereocenters. The van der Waals surface area contributed by atoms with Crippen molar-refractivity contribution in [3.05, 3.63) is 58.9 Å². The fourth-order valence-electron chi connectivity index (χ4n) is 2.59. The van der Waals surface area contributed by atoms with Crippen LogP contribution in [0.15, 0.2) is 36.4 Å². The molecule has 138 valence electrons. The molecule has 0 saturated heterocycles. The summed E-state index contributed by atoms with van der Waals surface area (Å²) in [5.74, 6) is -1.82. The monoisotopic (exact) mass is 359 g/mol. The average Bonchev–Trinajstić information content (AvgIpc) is 2.57. The van der Waals surface area contributed by atoms with Crippen LogP contribution in [0.4, 0.5) is 10.1 Å². The van der Waals surface area contributed by atoms with Gasteiger partial charge in [-0.15, -0.1) is 0 Å². The zero-order valence-electron chi connectivity index (χ0n) is 15.3. The minimum Gasteiger partial charge on any atom is -0.479 e. The van der Waals surface area contributed by atoms with Gasteiger partial charge in [-0.25, -0.2) is 9.18 Å². The van der Waals surface area contributed by atoms with Crippen molar-refractivity contribution >= 4 is 17.6 Å². The highest BCUT2D eigenvalue weighted by Crippen LogP contribution is 2.22. The summed E-state index contributed by atoms with van der Waals surface area (Å²) < 4.78 is 23.6. The number of rotatable bonds is 6. The van der Waals surface area contributed by atoms with Crippen molar-refractivity contribution in [2.45, 2.75) is 33.8 Å². The Morgan fingerprint density at radius 2 is 1.73 bits per heavy atom. The maximum Gasteiger partial charge on any atom is 0.344 e. The minimum atomic E-state index is -1.01. The second-order valence-corrected chi connectivity index (χ2v) is 6.11. The van der Waals surface area contributed by atoms with Crippen molar-refractivity contribution < 1.29 is 23.5 Å². The van der Waals surface area contributed by atoms with Crippen LogP contribution in [-0.2, 0) is 14.3 Å². The van der Waals surface area contributed by atoms with Crippen LogP contribution in [0.5, 0.6) is 5.75 Å². The number of nitrogens with one attached hydrogen (secondary N) is 1. The molecule has 0 aliphatic heterocycles. The topological polar surface area (TPSA) is 64.6 Å². The second kappa shape index (κ2) is 8.47. The van der Waals surface area contributed by atoms with E-state index >= 15 is 0 Å². The Kier molecular flexibility index (Phi) is 6.33. The summed E-state index contributed by atoms with van der Waals surface area (Å²) in [5.41, 5.74) is 3.66. The zero-order chi connectivity index (χ0) is 19.3. The van der Waals surface area contributed by atoms with E-state index < -0.39 is 30.4 Å². The second-order valence-electron chi connectivity index (χ2n) is 6.11. The number of halogens is 1. The maximum absolute atomic E-state index is 13.4. The molecule has 26 heavy (non-hydrogen) atoms. The Morgan fingerprint density at radius 3 is 2.35 bits per heavy atom. The number of ether oxygens (including phenoxy) is 2. The highest BCUT2D eigenvalue weighted by atomic mass is 19.1. The predicted octanol–water partition coefficient (Wildman–Crippen LogP) is 3.70. The Balaban J connectivity index is 1.90. The molecule has 2 rings (SSSR count). The Labute approximate surface area is 152 Å². The van der Waals surface area contributed by atoms with Crippen LogP contribution in [0.3, 0.4) is 0 Å². The SMILES string of the molecule is Cc1cc(C)c(NC(=O)C(C)OC(=O)COc2ccccc2F)c(C)c1. The van der Waals surface area contributed by atoms with Gasteiger partial charge in [0.25, 0.3) is 5.91 Å². The summed E-state index contributed by atoms with van der Waals surface area (Å²) in [6, 6.07) is 9.65. The first-order valence-corrected chi connectivity index (χ1v) is 8.23. The molecule has 0 aromatic heterocycles. The fraction of sp³-hybridized carbons (Fsp3) is 0.300. The molecule has 0 radical (unpaired) electrons. The molecular formula is C20H22FNO4. The largest absolute Gasteiger partial charge is 0.479 e. The third-order valence-electron chi connectivity index (χ3n) is 3.78. The Bertz CT molecular complexity index is 796. The van der Waals surface area contributed by atoms with Crippen LogP contribution in [-0.4, -0.2) is 24.6 Å². The summed E-state index contributed by atoms with van der Waals surface area (Å²) >= 11 is 0. The molecular weight excluding hydrogens is 337 g/mol. The van der Waals surface area contributed by atoms with Gasteiger partial charge in [0, 0.05) is 5.69 Å². The number of aryl methyl sites for hydroxylation is 3. The molecule has 1 N–H and O–H groups in total. The molecule has 0 heterocycles. The van der Waals surface area contributed by atoms with Crippen LogP contribution < -0.4 is 10.1 Å². The lowest BCUT2D eigenvalue weighted by Crippen LogP contribution is -2.32. The van der Waals surface area contributed by atoms with Crippen molar-refractivity contribution in [2.75, 3.05) is 11.9 Å². The molecule has 0 aliphatic rings. The third kappa shape index (κ3) is 5.05. The molecule has 2 aromatic rings. The number of hydrogen-bond acceptors (Lipinski definition) is 4. The lowest BCUT2D eigenvalue weighted by Gasteiger charge is -2.17. The van der Waals surface area contributed by atoms with Gasteiger partial charge in [0.15, 0.2) is 24.3 Å². The van der Waals surface area contributed by atoms with Crippen molar-refractivity contribution in [3.8, 4) is 5.75 Å². The normalized spacial score (nSPS) is 11.6. The fourth-order valence-corrected chi connectivity index (χ4v) is 2.59. The smallest absolute Gasteiger partial charge is 0.344 e. The zero-order valence-corrected chi connectivity index (χ0v) is 15.3. The number of carbonyl (C=O) groups excluding carboxylic acids is 2. The Morgan fingerprint density at radius 1 is 1.12 bits per heavy atom. The molecule has 0 saturated carbocycles. The van der Waals surface area contributed by atoms with Gasteiger partial charge < -0.3 is 14.8 Å². The van der Waals surface area contributed by atoms with Crippen LogP contribution in [0.1, 0.15) is 23.6 Å². The van der Waals surface area contributed by atoms with E-state index in [-0.39, 0.29) is 5.75 Å². The molecule has 2 aromatic carbocycles. The van der Waals surface area contributed by atoms with E-state index in [0.29, 0.717) is 5.69 Å². The molecule has 0 aliphatic carbocycles. The van der Waals surface area contributed by atoms with Crippen molar-refractivity contribution in [2.24, 2.45) is 0 Å². The Hall–Kier alpha value is -2.89. The van der Waals surface area contributed by atoms with Gasteiger partial charge in [-0.1, -0.05) is 29.8 Å². The van der Waals surface area contributed by atoms with E-state index in [0.717, 1.165) is 16.7 Å². The van der Waals surface area contributed by atoms with Crippen LogP contribution in [0.2, 0.25) is 0 Å². The average molecular weight is 359 g/mol. The van der Waals surface area contributed by atoms with E-state index in [1.165, 1.54) is 25.1 Å². The molecule has 5 nitrogen and oxygen atoms in total. The first kappa shape index (κ1) is 19.4. The minimum absolute atomic E-state index is 0.0486. The van der Waals surface area contributed by atoms with Gasteiger partial charge in [-0.3, -0.25) is 4.79 Å². The molecule has 0 spiro atoms. The molecule has 0 bridgehead atoms. The van der Waals surface area contributed by atoms with E-state index in [1.807, 2.05) is 32.9 Å². The number of para-hydroxylation sites is 1.